The number of aromatic nitrogens is 1. The molecule has 1 aromatic carbocycles. The smallest absolute Gasteiger partial charge is 0.147 e. The third-order valence-corrected chi connectivity index (χ3v) is 4.22. The molecule has 0 atom stereocenters. The van der Waals surface area contributed by atoms with Crippen molar-refractivity contribution in [2.75, 3.05) is 6.54 Å². The Morgan fingerprint density at radius 2 is 2.05 bits per heavy atom. The molecule has 0 aliphatic carbocycles. The molecule has 0 aliphatic rings. The minimum atomic E-state index is 0.494. The number of nitrogens with one attached hydrogen (secondary N) is 1. The van der Waals surface area contributed by atoms with Gasteiger partial charge in [0.25, 0.3) is 0 Å². The molecule has 3 nitrogen and oxygen atoms in total. The lowest BCUT2D eigenvalue weighted by molar-refractivity contribution is 0.480. The molecule has 1 N–H and O–H groups in total. The number of hydrogen-bond acceptors (Lipinski definition) is 3. The Morgan fingerprint density at radius 1 is 1.24 bits per heavy atom. The quantitative estimate of drug-likeness (QED) is 0.527. The van der Waals surface area contributed by atoms with Gasteiger partial charge in [-0.15, -0.1) is 0 Å². The van der Waals surface area contributed by atoms with Gasteiger partial charge in [0.2, 0.25) is 0 Å². The van der Waals surface area contributed by atoms with Crippen LogP contribution in [0.2, 0.25) is 10.0 Å². The normalized spacial score (nSPS) is 10.7. The van der Waals surface area contributed by atoms with Gasteiger partial charge in [-0.3, -0.25) is 4.98 Å². The fourth-order valence-corrected chi connectivity index (χ4v) is 2.55. The van der Waals surface area contributed by atoms with Crippen LogP contribution in [-0.2, 0) is 6.54 Å². The lowest BCUT2D eigenvalue weighted by Crippen LogP contribution is -2.14. The number of nitrogens with zero attached hydrogens (tertiary/aromatic N) is 1. The number of ether oxygens (including phenoxy) is 1. The van der Waals surface area contributed by atoms with E-state index in [0.717, 1.165) is 23.1 Å². The standard InChI is InChI=1S/C15H15BrCl2N2O/c1-2-4-19-9-10-6-11(3-5-20-10)21-15-8-13(17)12(16)7-14(15)18/h3,5-8,19H,2,4,9H2,1H3. The van der Waals surface area contributed by atoms with E-state index in [4.69, 9.17) is 27.9 Å². The molecule has 0 bridgehead atoms. The van der Waals surface area contributed by atoms with Crippen LogP contribution in [0.4, 0.5) is 0 Å². The zero-order valence-electron chi connectivity index (χ0n) is 11.5. The zero-order chi connectivity index (χ0) is 15.2. The van der Waals surface area contributed by atoms with E-state index in [0.29, 0.717) is 28.1 Å². The summed E-state index contributed by atoms with van der Waals surface area (Å²) in [4.78, 5) is 4.30. The lowest BCUT2D eigenvalue weighted by Gasteiger charge is -2.10. The van der Waals surface area contributed by atoms with Crippen LogP contribution in [0.3, 0.4) is 0 Å². The maximum Gasteiger partial charge on any atom is 0.147 e. The molecule has 0 fully saturated rings. The molecule has 112 valence electrons. The first kappa shape index (κ1) is 16.6. The highest BCUT2D eigenvalue weighted by Gasteiger charge is 2.08. The Morgan fingerprint density at radius 3 is 2.81 bits per heavy atom. The second-order valence-electron chi connectivity index (χ2n) is 4.46. The van der Waals surface area contributed by atoms with Gasteiger partial charge in [0.15, 0.2) is 0 Å². The minimum absolute atomic E-state index is 0.494. The summed E-state index contributed by atoms with van der Waals surface area (Å²) >= 11 is 15.5. The second kappa shape index (κ2) is 7.99. The van der Waals surface area contributed by atoms with Crippen molar-refractivity contribution >= 4 is 39.1 Å². The molecule has 0 aliphatic heterocycles. The van der Waals surface area contributed by atoms with Crippen LogP contribution in [0.5, 0.6) is 11.5 Å². The van der Waals surface area contributed by atoms with Gasteiger partial charge in [0.05, 0.1) is 15.7 Å². The third kappa shape index (κ3) is 4.85. The first-order valence-electron chi connectivity index (χ1n) is 6.58. The zero-order valence-corrected chi connectivity index (χ0v) is 14.6. The van der Waals surface area contributed by atoms with Crippen molar-refractivity contribution in [1.29, 1.82) is 0 Å². The molecule has 6 heteroatoms. The molecule has 0 unspecified atom stereocenters. The van der Waals surface area contributed by atoms with E-state index in [1.807, 2.05) is 6.07 Å². The molecule has 0 saturated carbocycles. The van der Waals surface area contributed by atoms with Crippen molar-refractivity contribution in [3.8, 4) is 11.5 Å². The number of halogens is 3. The first-order chi connectivity index (χ1) is 10.1. The van der Waals surface area contributed by atoms with Crippen molar-refractivity contribution in [3.63, 3.8) is 0 Å². The molecule has 2 aromatic rings. The van der Waals surface area contributed by atoms with Gasteiger partial charge < -0.3 is 10.1 Å². The SMILES string of the molecule is CCCNCc1cc(Oc2cc(Cl)c(Br)cc2Cl)ccn1. The highest BCUT2D eigenvalue weighted by Crippen LogP contribution is 2.36. The molecular weight excluding hydrogens is 375 g/mol. The topological polar surface area (TPSA) is 34.1 Å². The lowest BCUT2D eigenvalue weighted by atomic mass is 10.3. The van der Waals surface area contributed by atoms with Gasteiger partial charge in [-0.05, 0) is 41.0 Å². The summed E-state index contributed by atoms with van der Waals surface area (Å²) in [5.74, 6) is 1.20. The van der Waals surface area contributed by atoms with E-state index < -0.39 is 0 Å². The fourth-order valence-electron chi connectivity index (χ4n) is 1.72. The highest BCUT2D eigenvalue weighted by molar-refractivity contribution is 9.10. The van der Waals surface area contributed by atoms with Gasteiger partial charge in [-0.25, -0.2) is 0 Å². The van der Waals surface area contributed by atoms with Crippen molar-refractivity contribution in [2.24, 2.45) is 0 Å². The molecule has 2 rings (SSSR count). The van der Waals surface area contributed by atoms with Crippen LogP contribution in [0.15, 0.2) is 34.9 Å². The van der Waals surface area contributed by atoms with Crippen molar-refractivity contribution in [3.05, 3.63) is 50.7 Å². The van der Waals surface area contributed by atoms with Crippen LogP contribution >= 0.6 is 39.1 Å². The molecule has 0 spiro atoms. The molecule has 1 aromatic heterocycles. The third-order valence-electron chi connectivity index (χ3n) is 2.72. The fraction of sp³-hybridized carbons (Fsp3) is 0.267. The van der Waals surface area contributed by atoms with Crippen molar-refractivity contribution in [2.45, 2.75) is 19.9 Å². The summed E-state index contributed by atoms with van der Waals surface area (Å²) in [7, 11) is 0. The Hall–Kier alpha value is -0.810. The highest BCUT2D eigenvalue weighted by atomic mass is 79.9. The minimum Gasteiger partial charge on any atom is -0.456 e. The summed E-state index contributed by atoms with van der Waals surface area (Å²) in [6, 6.07) is 7.07. The van der Waals surface area contributed by atoms with Gasteiger partial charge in [0.1, 0.15) is 11.5 Å². The maximum atomic E-state index is 6.15. The first-order valence-corrected chi connectivity index (χ1v) is 8.13. The predicted molar refractivity (Wildman–Crippen MR) is 90.5 cm³/mol. The van der Waals surface area contributed by atoms with E-state index in [1.54, 1.807) is 24.4 Å². The van der Waals surface area contributed by atoms with Crippen molar-refractivity contribution < 1.29 is 4.74 Å². The van der Waals surface area contributed by atoms with E-state index in [9.17, 15) is 0 Å². The monoisotopic (exact) mass is 388 g/mol. The Bertz CT molecular complexity index is 623. The van der Waals surface area contributed by atoms with Crippen LogP contribution in [0.25, 0.3) is 0 Å². The summed E-state index contributed by atoms with van der Waals surface area (Å²) < 4.78 is 6.52. The maximum absolute atomic E-state index is 6.15. The van der Waals surface area contributed by atoms with E-state index in [1.165, 1.54) is 0 Å². The van der Waals surface area contributed by atoms with Crippen LogP contribution < -0.4 is 10.1 Å². The van der Waals surface area contributed by atoms with E-state index in [2.05, 4.69) is 33.2 Å². The average molecular weight is 390 g/mol. The molecule has 1 heterocycles. The second-order valence-corrected chi connectivity index (χ2v) is 6.13. The molecule has 0 amide bonds. The number of hydrogen-bond donors (Lipinski definition) is 1. The molecule has 0 radical (unpaired) electrons. The molecular formula is C15H15BrCl2N2O. The summed E-state index contributed by atoms with van der Waals surface area (Å²) in [6.07, 6.45) is 2.80. The van der Waals surface area contributed by atoms with Gasteiger partial charge in [-0.2, -0.15) is 0 Å². The van der Waals surface area contributed by atoms with E-state index in [-0.39, 0.29) is 0 Å². The van der Waals surface area contributed by atoms with Gasteiger partial charge in [0, 0.05) is 29.3 Å². The predicted octanol–water partition coefficient (Wildman–Crippen LogP) is 5.44. The van der Waals surface area contributed by atoms with Crippen LogP contribution in [-0.4, -0.2) is 11.5 Å². The molecule has 21 heavy (non-hydrogen) atoms. The molecule has 0 saturated heterocycles. The van der Waals surface area contributed by atoms with Gasteiger partial charge >= 0.3 is 0 Å². The Labute approximate surface area is 142 Å². The summed E-state index contributed by atoms with van der Waals surface area (Å²) in [5, 5.41) is 4.34. The van der Waals surface area contributed by atoms with Crippen LogP contribution in [0.1, 0.15) is 19.0 Å². The number of pyridine rings is 1. The Kier molecular flexibility index (Phi) is 6.30. The van der Waals surface area contributed by atoms with E-state index >= 15 is 0 Å². The largest absolute Gasteiger partial charge is 0.456 e. The number of benzene rings is 1. The van der Waals surface area contributed by atoms with Crippen molar-refractivity contribution in [1.82, 2.24) is 10.3 Å². The summed E-state index contributed by atoms with van der Waals surface area (Å²) in [6.45, 7) is 3.79. The summed E-state index contributed by atoms with van der Waals surface area (Å²) in [5.41, 5.74) is 0.917. The average Bonchev–Trinajstić information content (AvgIpc) is 2.45. The van der Waals surface area contributed by atoms with Crippen LogP contribution in [0, 0.1) is 0 Å². The van der Waals surface area contributed by atoms with Gasteiger partial charge in [-0.1, -0.05) is 30.1 Å². The Balaban J connectivity index is 2.12. The number of rotatable bonds is 6.